The lowest BCUT2D eigenvalue weighted by Gasteiger charge is -2.32. The maximum absolute atomic E-state index is 13.3. The average molecular weight is 408 g/mol. The highest BCUT2D eigenvalue weighted by atomic mass is 19.4. The molecule has 29 heavy (non-hydrogen) atoms. The second-order valence-electron chi connectivity index (χ2n) is 8.34. The zero-order valence-electron chi connectivity index (χ0n) is 16.2. The molecule has 8 heteroatoms. The highest BCUT2D eigenvalue weighted by Gasteiger charge is 2.55. The molecule has 3 fully saturated rings. The summed E-state index contributed by atoms with van der Waals surface area (Å²) in [7, 11) is 0. The minimum atomic E-state index is -4.58. The maximum atomic E-state index is 13.3. The summed E-state index contributed by atoms with van der Waals surface area (Å²) in [6, 6.07) is 4.63. The van der Waals surface area contributed by atoms with E-state index in [2.05, 4.69) is 0 Å². The summed E-state index contributed by atoms with van der Waals surface area (Å²) in [6.45, 7) is 2.39. The van der Waals surface area contributed by atoms with Crippen LogP contribution < -0.4 is 0 Å². The van der Waals surface area contributed by atoms with Crippen LogP contribution in [0.1, 0.15) is 50.2 Å². The van der Waals surface area contributed by atoms with Crippen LogP contribution in [0.5, 0.6) is 0 Å². The van der Waals surface area contributed by atoms with Crippen molar-refractivity contribution in [2.75, 3.05) is 13.1 Å². The van der Waals surface area contributed by atoms with Gasteiger partial charge in [-0.15, -0.1) is 0 Å². The lowest BCUT2D eigenvalue weighted by Crippen LogP contribution is -2.45. The van der Waals surface area contributed by atoms with E-state index >= 15 is 0 Å². The van der Waals surface area contributed by atoms with Crippen molar-refractivity contribution in [2.45, 2.75) is 56.7 Å². The number of hydrogen-bond donors (Lipinski definition) is 0. The quantitative estimate of drug-likeness (QED) is 0.720. The van der Waals surface area contributed by atoms with E-state index < -0.39 is 29.0 Å². The minimum absolute atomic E-state index is 0.0827. The van der Waals surface area contributed by atoms with Crippen LogP contribution in [0, 0.1) is 5.92 Å². The summed E-state index contributed by atoms with van der Waals surface area (Å²) in [4.78, 5) is 41.6. The Kier molecular flexibility index (Phi) is 4.70. The molecule has 1 aromatic rings. The number of carbonyl (C=O) groups is 3. The van der Waals surface area contributed by atoms with Gasteiger partial charge in [0, 0.05) is 32.0 Å². The Morgan fingerprint density at radius 1 is 1.24 bits per heavy atom. The van der Waals surface area contributed by atoms with Gasteiger partial charge in [0.2, 0.25) is 17.7 Å². The number of benzene rings is 1. The Balaban J connectivity index is 1.72. The molecule has 1 aliphatic carbocycles. The molecule has 156 valence electrons. The van der Waals surface area contributed by atoms with E-state index in [1.54, 1.807) is 11.8 Å². The van der Waals surface area contributed by atoms with Crippen molar-refractivity contribution in [1.29, 1.82) is 0 Å². The van der Waals surface area contributed by atoms with Crippen LogP contribution in [0.15, 0.2) is 24.3 Å². The molecule has 0 aromatic heterocycles. The van der Waals surface area contributed by atoms with Crippen LogP contribution in [-0.2, 0) is 26.0 Å². The fraction of sp³-hybridized carbons (Fsp3) is 0.571. The molecule has 1 saturated carbocycles. The van der Waals surface area contributed by atoms with Crippen LogP contribution in [0.25, 0.3) is 0 Å². The number of likely N-dealkylation sites (tertiary alicyclic amines) is 2. The maximum Gasteiger partial charge on any atom is 0.416 e. The lowest BCUT2D eigenvalue weighted by atomic mass is 9.75. The number of amides is 3. The molecule has 2 bridgehead atoms. The fourth-order valence-corrected chi connectivity index (χ4v) is 5.17. The van der Waals surface area contributed by atoms with Gasteiger partial charge >= 0.3 is 6.18 Å². The SMILES string of the molecule is CCN1C(=O)C[C@](CC(=O)N2C[C@H]3CC[C@H]2C3)(c2cccc(C(F)(F)F)c2)C1=O. The number of alkyl halides is 3. The summed E-state index contributed by atoms with van der Waals surface area (Å²) in [5.74, 6) is -0.831. The van der Waals surface area contributed by atoms with Gasteiger partial charge in [-0.05, 0) is 43.7 Å². The zero-order valence-corrected chi connectivity index (χ0v) is 16.2. The number of carbonyl (C=O) groups excluding carboxylic acids is 3. The Labute approximate surface area is 166 Å². The molecule has 0 radical (unpaired) electrons. The van der Waals surface area contributed by atoms with Gasteiger partial charge < -0.3 is 4.90 Å². The average Bonchev–Trinajstić information content (AvgIpc) is 3.36. The Bertz CT molecular complexity index is 869. The molecule has 5 nitrogen and oxygen atoms in total. The molecule has 0 spiro atoms. The predicted octanol–water partition coefficient (Wildman–Crippen LogP) is 3.12. The van der Waals surface area contributed by atoms with Crippen LogP contribution in [0.2, 0.25) is 0 Å². The van der Waals surface area contributed by atoms with Gasteiger partial charge in [-0.25, -0.2) is 0 Å². The standard InChI is InChI=1S/C21H23F3N2O3/c1-2-25-17(27)10-20(19(25)29,14-4-3-5-15(9-14)21(22,23)24)11-18(28)26-12-13-6-7-16(26)8-13/h3-5,9,13,16H,2,6-8,10-12H2,1H3/t13-,16-,20-/m0/s1. The largest absolute Gasteiger partial charge is 0.416 e. The molecule has 2 saturated heterocycles. The molecular formula is C21H23F3N2O3. The topological polar surface area (TPSA) is 57.7 Å². The molecule has 0 N–H and O–H groups in total. The summed E-state index contributed by atoms with van der Waals surface area (Å²) >= 11 is 0. The van der Waals surface area contributed by atoms with Gasteiger partial charge in [0.1, 0.15) is 0 Å². The van der Waals surface area contributed by atoms with Gasteiger partial charge in [-0.2, -0.15) is 13.2 Å². The van der Waals surface area contributed by atoms with Crippen molar-refractivity contribution in [3.63, 3.8) is 0 Å². The smallest absolute Gasteiger partial charge is 0.339 e. The lowest BCUT2D eigenvalue weighted by molar-refractivity contribution is -0.143. The second kappa shape index (κ2) is 6.85. The van der Waals surface area contributed by atoms with Gasteiger partial charge in [-0.3, -0.25) is 19.3 Å². The van der Waals surface area contributed by atoms with Crippen molar-refractivity contribution < 1.29 is 27.6 Å². The van der Waals surface area contributed by atoms with Gasteiger partial charge in [-0.1, -0.05) is 18.2 Å². The third kappa shape index (κ3) is 3.22. The first-order valence-corrected chi connectivity index (χ1v) is 9.97. The van der Waals surface area contributed by atoms with Crippen molar-refractivity contribution >= 4 is 17.7 Å². The van der Waals surface area contributed by atoms with Crippen LogP contribution >= 0.6 is 0 Å². The van der Waals surface area contributed by atoms with Crippen molar-refractivity contribution in [2.24, 2.45) is 5.92 Å². The van der Waals surface area contributed by atoms with Crippen molar-refractivity contribution in [3.05, 3.63) is 35.4 Å². The normalized spacial score (nSPS) is 29.2. The Morgan fingerprint density at radius 2 is 2.00 bits per heavy atom. The first-order chi connectivity index (χ1) is 13.7. The number of rotatable bonds is 4. The molecule has 2 heterocycles. The molecule has 3 amide bonds. The van der Waals surface area contributed by atoms with Crippen molar-refractivity contribution in [1.82, 2.24) is 9.80 Å². The van der Waals surface area contributed by atoms with Crippen LogP contribution in [0.3, 0.4) is 0 Å². The van der Waals surface area contributed by atoms with Gasteiger partial charge in [0.25, 0.3) is 0 Å². The highest BCUT2D eigenvalue weighted by molar-refractivity contribution is 6.10. The van der Waals surface area contributed by atoms with Crippen molar-refractivity contribution in [3.8, 4) is 0 Å². The monoisotopic (exact) mass is 408 g/mol. The first-order valence-electron chi connectivity index (χ1n) is 9.97. The second-order valence-corrected chi connectivity index (χ2v) is 8.34. The number of piperidine rings is 1. The first kappa shape index (κ1) is 19.9. The molecule has 3 atom stereocenters. The summed E-state index contributed by atoms with van der Waals surface area (Å²) < 4.78 is 39.8. The summed E-state index contributed by atoms with van der Waals surface area (Å²) in [5, 5.41) is 0. The zero-order chi connectivity index (χ0) is 21.0. The predicted molar refractivity (Wildman–Crippen MR) is 97.6 cm³/mol. The molecule has 3 aliphatic rings. The van der Waals surface area contributed by atoms with E-state index in [4.69, 9.17) is 0 Å². The van der Waals surface area contributed by atoms with E-state index in [-0.39, 0.29) is 36.9 Å². The molecule has 2 aliphatic heterocycles. The summed E-state index contributed by atoms with van der Waals surface area (Å²) in [6.07, 6.45) is -2.20. The van der Waals surface area contributed by atoms with Gasteiger partial charge in [0.05, 0.1) is 11.0 Å². The number of hydrogen-bond acceptors (Lipinski definition) is 3. The number of likely N-dealkylation sites (N-methyl/N-ethyl adjacent to an activating group) is 1. The van der Waals surface area contributed by atoms with E-state index in [0.717, 1.165) is 36.3 Å². The molecule has 1 aromatic carbocycles. The minimum Gasteiger partial charge on any atom is -0.339 e. The number of imide groups is 1. The number of halogens is 3. The third-order valence-electron chi connectivity index (χ3n) is 6.65. The Morgan fingerprint density at radius 3 is 2.55 bits per heavy atom. The van der Waals surface area contributed by atoms with Crippen LogP contribution in [0.4, 0.5) is 13.2 Å². The number of fused-ring (bicyclic) bond motifs is 2. The third-order valence-corrected chi connectivity index (χ3v) is 6.65. The van der Waals surface area contributed by atoms with Crippen LogP contribution in [-0.4, -0.2) is 46.7 Å². The molecular weight excluding hydrogens is 385 g/mol. The molecule has 4 rings (SSSR count). The van der Waals surface area contributed by atoms with E-state index in [0.29, 0.717) is 12.5 Å². The summed E-state index contributed by atoms with van der Waals surface area (Å²) in [5.41, 5.74) is -2.38. The fourth-order valence-electron chi connectivity index (χ4n) is 5.17. The van der Waals surface area contributed by atoms with Gasteiger partial charge in [0.15, 0.2) is 0 Å². The van der Waals surface area contributed by atoms with E-state index in [1.807, 2.05) is 0 Å². The number of nitrogens with zero attached hydrogens (tertiary/aromatic N) is 2. The Hall–Kier alpha value is -2.38. The van der Waals surface area contributed by atoms with E-state index in [1.165, 1.54) is 12.1 Å². The highest BCUT2D eigenvalue weighted by Crippen LogP contribution is 2.44. The van der Waals surface area contributed by atoms with E-state index in [9.17, 15) is 27.6 Å². The molecule has 0 unspecified atom stereocenters.